The molecule has 1 aliphatic carbocycles. The molecule has 3 unspecified atom stereocenters. The number of nitrogens with one attached hydrogen (secondary N) is 4. The molecule has 6 atom stereocenters. The largest absolute Gasteiger partial charge is 0.508 e. The number of rotatable bonds is 15. The lowest BCUT2D eigenvalue weighted by Crippen LogP contribution is -2.61. The minimum Gasteiger partial charge on any atom is -0.438 e. The number of fused-ring (bicyclic) bond motifs is 1. The SMILES string of the molecule is C=CCNC(=O)C(=O)C(CCC)NCC1[C@@H]2[C@H](CN1C(=O)C(NC(=O)N[C@H](COC(=O)OC)C(C)C)C(C)(C)C)C2(C)C. The molecule has 0 aromatic rings. The fourth-order valence-corrected chi connectivity index (χ4v) is 5.99. The van der Waals surface area contributed by atoms with Gasteiger partial charge in [-0.1, -0.05) is 67.9 Å². The maximum atomic E-state index is 14.1. The van der Waals surface area contributed by atoms with Crippen LogP contribution in [-0.2, 0) is 23.9 Å². The van der Waals surface area contributed by atoms with Gasteiger partial charge in [0.1, 0.15) is 12.6 Å². The number of ketones is 1. The van der Waals surface area contributed by atoms with E-state index < -0.39 is 47.4 Å². The number of amides is 4. The fraction of sp³-hybridized carbons (Fsp3) is 0.774. The van der Waals surface area contributed by atoms with Crippen LogP contribution in [0, 0.1) is 28.6 Å². The average molecular weight is 608 g/mol. The molecule has 0 aromatic carbocycles. The van der Waals surface area contributed by atoms with E-state index in [4.69, 9.17) is 4.74 Å². The molecule has 4 N–H and O–H groups in total. The summed E-state index contributed by atoms with van der Waals surface area (Å²) in [6, 6.07) is -2.76. The van der Waals surface area contributed by atoms with E-state index in [1.165, 1.54) is 13.2 Å². The minimum atomic E-state index is -0.845. The molecule has 0 bridgehead atoms. The molecular formula is C31H53N5O7. The first-order valence-electron chi connectivity index (χ1n) is 15.3. The molecule has 1 heterocycles. The summed E-state index contributed by atoms with van der Waals surface area (Å²) < 4.78 is 9.56. The highest BCUT2D eigenvalue weighted by Crippen LogP contribution is 2.64. The van der Waals surface area contributed by atoms with Gasteiger partial charge in [0.15, 0.2) is 0 Å². The normalized spacial score (nSPS) is 22.5. The Labute approximate surface area is 256 Å². The quantitative estimate of drug-likeness (QED) is 0.126. The third kappa shape index (κ3) is 9.17. The summed E-state index contributed by atoms with van der Waals surface area (Å²) in [6.07, 6.45) is 1.87. The summed E-state index contributed by atoms with van der Waals surface area (Å²) in [5.41, 5.74) is -0.574. The lowest BCUT2D eigenvalue weighted by atomic mass is 9.85. The highest BCUT2D eigenvalue weighted by molar-refractivity contribution is 6.38. The van der Waals surface area contributed by atoms with Gasteiger partial charge in [-0.15, -0.1) is 6.58 Å². The van der Waals surface area contributed by atoms with Gasteiger partial charge in [0.2, 0.25) is 11.7 Å². The minimum absolute atomic E-state index is 0.0425. The summed E-state index contributed by atoms with van der Waals surface area (Å²) in [7, 11) is 1.21. The number of likely N-dealkylation sites (tertiary alicyclic amines) is 1. The molecule has 2 rings (SSSR count). The second-order valence-electron chi connectivity index (χ2n) is 13.7. The molecule has 1 saturated heterocycles. The number of nitrogens with zero attached hydrogens (tertiary/aromatic N) is 1. The van der Waals surface area contributed by atoms with Crippen LogP contribution < -0.4 is 21.3 Å². The Balaban J connectivity index is 2.20. The third-order valence-electron chi connectivity index (χ3n) is 8.79. The maximum Gasteiger partial charge on any atom is 0.508 e. The van der Waals surface area contributed by atoms with Crippen molar-refractivity contribution in [2.24, 2.45) is 28.6 Å². The van der Waals surface area contributed by atoms with Gasteiger partial charge < -0.3 is 35.6 Å². The van der Waals surface area contributed by atoms with Crippen molar-refractivity contribution in [2.75, 3.05) is 33.4 Å². The number of hydrogen-bond donors (Lipinski definition) is 4. The Kier molecular flexibility index (Phi) is 12.6. The molecule has 1 aliphatic heterocycles. The Bertz CT molecular complexity index is 1040. The average Bonchev–Trinajstić information content (AvgIpc) is 3.25. The molecule has 43 heavy (non-hydrogen) atoms. The van der Waals surface area contributed by atoms with Gasteiger partial charge in [-0.25, -0.2) is 9.59 Å². The predicted molar refractivity (Wildman–Crippen MR) is 163 cm³/mol. The number of Topliss-reactive ketones (excluding diaryl/α,β-unsaturated/α-hetero) is 1. The van der Waals surface area contributed by atoms with Crippen molar-refractivity contribution in [2.45, 2.75) is 92.4 Å². The highest BCUT2D eigenvalue weighted by atomic mass is 16.7. The Morgan fingerprint density at radius 3 is 2.30 bits per heavy atom. The number of ether oxygens (including phenoxy) is 2. The zero-order valence-electron chi connectivity index (χ0n) is 27.4. The topological polar surface area (TPSA) is 155 Å². The highest BCUT2D eigenvalue weighted by Gasteiger charge is 2.67. The molecule has 4 amide bonds. The van der Waals surface area contributed by atoms with Gasteiger partial charge in [-0.3, -0.25) is 14.4 Å². The van der Waals surface area contributed by atoms with Crippen LogP contribution in [0.5, 0.6) is 0 Å². The number of hydrogen-bond acceptors (Lipinski definition) is 8. The van der Waals surface area contributed by atoms with Gasteiger partial charge in [0.05, 0.1) is 19.2 Å². The number of carbonyl (C=O) groups is 5. The molecule has 0 spiro atoms. The third-order valence-corrected chi connectivity index (χ3v) is 8.79. The van der Waals surface area contributed by atoms with Crippen LogP contribution in [0.15, 0.2) is 12.7 Å². The van der Waals surface area contributed by atoms with Crippen LogP contribution >= 0.6 is 0 Å². The van der Waals surface area contributed by atoms with Gasteiger partial charge in [0.25, 0.3) is 5.91 Å². The summed E-state index contributed by atoms with van der Waals surface area (Å²) in [6.45, 7) is 20.4. The zero-order valence-corrected chi connectivity index (χ0v) is 27.4. The molecule has 0 radical (unpaired) electrons. The molecule has 2 aliphatic rings. The fourth-order valence-electron chi connectivity index (χ4n) is 5.99. The number of carbonyl (C=O) groups excluding carboxylic acids is 5. The molecule has 0 aromatic heterocycles. The van der Waals surface area contributed by atoms with E-state index in [9.17, 15) is 24.0 Å². The van der Waals surface area contributed by atoms with Crippen LogP contribution in [0.25, 0.3) is 0 Å². The molecule has 2 fully saturated rings. The summed E-state index contributed by atoms with van der Waals surface area (Å²) in [5.74, 6) is -0.921. The van der Waals surface area contributed by atoms with Crippen molar-refractivity contribution in [3.05, 3.63) is 12.7 Å². The van der Waals surface area contributed by atoms with E-state index in [0.717, 1.165) is 0 Å². The summed E-state index contributed by atoms with van der Waals surface area (Å²) >= 11 is 0. The van der Waals surface area contributed by atoms with Crippen molar-refractivity contribution < 1.29 is 33.4 Å². The van der Waals surface area contributed by atoms with Crippen LogP contribution in [0.4, 0.5) is 9.59 Å². The van der Waals surface area contributed by atoms with Crippen LogP contribution in [0.1, 0.15) is 68.2 Å². The van der Waals surface area contributed by atoms with Crippen LogP contribution in [0.2, 0.25) is 0 Å². The zero-order chi connectivity index (χ0) is 32.7. The Morgan fingerprint density at radius 2 is 1.77 bits per heavy atom. The van der Waals surface area contributed by atoms with E-state index in [2.05, 4.69) is 46.4 Å². The summed E-state index contributed by atoms with van der Waals surface area (Å²) in [5, 5.41) is 11.6. The van der Waals surface area contributed by atoms with Crippen molar-refractivity contribution in [3.8, 4) is 0 Å². The van der Waals surface area contributed by atoms with Gasteiger partial charge in [0, 0.05) is 25.7 Å². The van der Waals surface area contributed by atoms with Crippen LogP contribution in [0.3, 0.4) is 0 Å². The van der Waals surface area contributed by atoms with Gasteiger partial charge in [-0.2, -0.15) is 0 Å². The standard InChI is InChI=1S/C31H53N5O7/c1-11-13-20(24(37)26(38)32-14-12-2)33-15-22-23-19(31(23,8)9)16-36(22)27(39)25(30(5,6)7)35-28(40)34-21(18(3)4)17-43-29(41)42-10/h12,18-23,25,33H,2,11,13-17H2,1,3-10H3,(H,32,38)(H2,34,35,40)/t19-,20?,21+,22?,23-,25?/m0/s1. The van der Waals surface area contributed by atoms with E-state index in [0.29, 0.717) is 31.8 Å². The lowest BCUT2D eigenvalue weighted by Gasteiger charge is -2.39. The summed E-state index contributed by atoms with van der Waals surface area (Å²) in [4.78, 5) is 65.9. The molecule has 12 heteroatoms. The number of piperidine rings is 1. The molecule has 244 valence electrons. The van der Waals surface area contributed by atoms with Crippen molar-refractivity contribution in [1.29, 1.82) is 0 Å². The van der Waals surface area contributed by atoms with Crippen LogP contribution in [-0.4, -0.2) is 92.2 Å². The van der Waals surface area contributed by atoms with E-state index in [1.807, 2.05) is 46.4 Å². The van der Waals surface area contributed by atoms with Crippen molar-refractivity contribution in [1.82, 2.24) is 26.2 Å². The van der Waals surface area contributed by atoms with E-state index >= 15 is 0 Å². The predicted octanol–water partition coefficient (Wildman–Crippen LogP) is 2.62. The molecular weight excluding hydrogens is 554 g/mol. The van der Waals surface area contributed by atoms with Crippen molar-refractivity contribution in [3.63, 3.8) is 0 Å². The maximum absolute atomic E-state index is 14.1. The molecule has 1 saturated carbocycles. The van der Waals surface area contributed by atoms with E-state index in [1.54, 1.807) is 0 Å². The lowest BCUT2D eigenvalue weighted by molar-refractivity contribution is -0.139. The molecule has 12 nitrogen and oxygen atoms in total. The van der Waals surface area contributed by atoms with Crippen molar-refractivity contribution >= 4 is 29.8 Å². The first-order valence-corrected chi connectivity index (χ1v) is 15.3. The Hall–Kier alpha value is -3.15. The second-order valence-corrected chi connectivity index (χ2v) is 13.7. The van der Waals surface area contributed by atoms with Gasteiger partial charge >= 0.3 is 12.2 Å². The smallest absolute Gasteiger partial charge is 0.438 e. The number of urea groups is 1. The first kappa shape index (κ1) is 36.0. The first-order chi connectivity index (χ1) is 20.0. The monoisotopic (exact) mass is 607 g/mol. The van der Waals surface area contributed by atoms with E-state index in [-0.39, 0.29) is 42.4 Å². The second kappa shape index (κ2) is 15.0. The number of methoxy groups -OCH3 is 1. The Morgan fingerprint density at radius 1 is 1.12 bits per heavy atom. The van der Waals surface area contributed by atoms with Gasteiger partial charge in [-0.05, 0) is 35.0 Å².